The zero-order valence-corrected chi connectivity index (χ0v) is 30.7. The molecule has 11 nitrogen and oxygen atoms in total. The monoisotopic (exact) mass is 716 g/mol. The zero-order chi connectivity index (χ0) is 35.5. The fourth-order valence-corrected chi connectivity index (χ4v) is 9.15. The minimum Gasteiger partial charge on any atom is -0.493 e. The fourth-order valence-electron chi connectivity index (χ4n) is 7.48. The Morgan fingerprint density at radius 2 is 1.84 bits per heavy atom. The van der Waals surface area contributed by atoms with Gasteiger partial charge in [0.05, 0.1) is 52.3 Å². The number of hydrogen-bond donors (Lipinski definition) is 1. The molecule has 0 saturated heterocycles. The number of hydrogen-bond acceptors (Lipinski definition) is 9. The van der Waals surface area contributed by atoms with Crippen molar-refractivity contribution in [3.8, 4) is 5.75 Å². The normalized spacial score (nSPS) is 18.7. The predicted octanol–water partition coefficient (Wildman–Crippen LogP) is 5.49. The molecule has 262 valence electrons. The van der Waals surface area contributed by atoms with Crippen LogP contribution in [0.5, 0.6) is 5.75 Å². The second-order valence-corrected chi connectivity index (χ2v) is 15.6. The summed E-state index contributed by atoms with van der Waals surface area (Å²) in [6.07, 6.45) is 1.08. The number of benzene rings is 3. The lowest BCUT2D eigenvalue weighted by molar-refractivity contribution is 0.0589. The van der Waals surface area contributed by atoms with E-state index in [0.29, 0.717) is 54.7 Å². The van der Waals surface area contributed by atoms with Gasteiger partial charge < -0.3 is 19.0 Å². The maximum atomic E-state index is 13.9. The molecular formula is C37H41ClN6O5S. The van der Waals surface area contributed by atoms with Crippen LogP contribution in [0, 0.1) is 0 Å². The van der Waals surface area contributed by atoms with E-state index in [4.69, 9.17) is 26.2 Å². The van der Waals surface area contributed by atoms with Crippen LogP contribution in [-0.2, 0) is 47.4 Å². The van der Waals surface area contributed by atoms with E-state index in [0.717, 1.165) is 49.8 Å². The number of aromatic nitrogens is 3. The highest BCUT2D eigenvalue weighted by atomic mass is 35.5. The SMILES string of the molecule is COC(=O)c1c2c3ccc(Cl)c(c3n1C)C1=C(C)N(C)NC1CN(C)Cc1cc(n(C)n1)CS(=O)(=O)c1cc(c3ccccc3c1)OCCC2. The molecule has 3 aromatic carbocycles. The van der Waals surface area contributed by atoms with E-state index in [2.05, 4.69) is 17.2 Å². The maximum Gasteiger partial charge on any atom is 0.354 e. The first-order valence-electron chi connectivity index (χ1n) is 16.6. The van der Waals surface area contributed by atoms with Gasteiger partial charge in [-0.25, -0.2) is 18.6 Å². The number of ether oxygens (including phenoxy) is 2. The summed E-state index contributed by atoms with van der Waals surface area (Å²) in [6.45, 7) is 3.45. The van der Waals surface area contributed by atoms with Gasteiger partial charge in [-0.2, -0.15) is 5.10 Å². The molecule has 1 N–H and O–H groups in total. The third-order valence-electron chi connectivity index (χ3n) is 9.92. The Kier molecular flexibility index (Phi) is 8.92. The molecule has 5 aromatic rings. The number of halogens is 1. The second kappa shape index (κ2) is 13.1. The van der Waals surface area contributed by atoms with Crippen LogP contribution in [0.4, 0.5) is 0 Å². The number of esters is 1. The van der Waals surface area contributed by atoms with Crippen LogP contribution in [0.15, 0.2) is 65.2 Å². The summed E-state index contributed by atoms with van der Waals surface area (Å²) in [4.78, 5) is 15.7. The van der Waals surface area contributed by atoms with Gasteiger partial charge >= 0.3 is 5.97 Å². The van der Waals surface area contributed by atoms with Crippen LogP contribution >= 0.6 is 11.6 Å². The number of aryl methyl sites for hydroxylation is 3. The number of likely N-dealkylation sites (N-methyl/N-ethyl adjacent to an activating group) is 1. The van der Waals surface area contributed by atoms with E-state index in [1.54, 1.807) is 23.9 Å². The molecule has 50 heavy (non-hydrogen) atoms. The van der Waals surface area contributed by atoms with Gasteiger partial charge in [-0.15, -0.1) is 0 Å². The zero-order valence-electron chi connectivity index (χ0n) is 29.1. The molecule has 0 radical (unpaired) electrons. The maximum absolute atomic E-state index is 13.9. The largest absolute Gasteiger partial charge is 0.493 e. The fraction of sp³-hybridized carbons (Fsp3) is 0.351. The molecule has 8 bridgehead atoms. The minimum absolute atomic E-state index is 0.139. The topological polar surface area (TPSA) is 111 Å². The molecule has 2 aromatic heterocycles. The summed E-state index contributed by atoms with van der Waals surface area (Å²) >= 11 is 7.08. The Balaban J connectivity index is 1.39. The van der Waals surface area contributed by atoms with Gasteiger partial charge in [-0.3, -0.25) is 9.58 Å². The summed E-state index contributed by atoms with van der Waals surface area (Å²) in [6, 6.07) is 16.5. The molecule has 0 aliphatic carbocycles. The van der Waals surface area contributed by atoms with Gasteiger partial charge in [-0.1, -0.05) is 41.9 Å². The van der Waals surface area contributed by atoms with Gasteiger partial charge in [-0.05, 0) is 62.0 Å². The molecule has 2 aliphatic rings. The van der Waals surface area contributed by atoms with Crippen molar-refractivity contribution in [1.29, 1.82) is 0 Å². The number of methoxy groups -OCH3 is 1. The number of carbonyl (C=O) groups is 1. The quantitative estimate of drug-likeness (QED) is 0.226. The highest BCUT2D eigenvalue weighted by Crippen LogP contribution is 2.41. The average Bonchev–Trinajstić information content (AvgIpc) is 3.66. The Hall–Kier alpha value is -4.36. The van der Waals surface area contributed by atoms with Crippen LogP contribution in [-0.4, -0.2) is 79.0 Å². The van der Waals surface area contributed by atoms with E-state index >= 15 is 0 Å². The third kappa shape index (κ3) is 5.93. The van der Waals surface area contributed by atoms with Crippen LogP contribution in [0.3, 0.4) is 0 Å². The first kappa shape index (κ1) is 34.1. The lowest BCUT2D eigenvalue weighted by Gasteiger charge is -2.24. The van der Waals surface area contributed by atoms with Crippen molar-refractivity contribution in [3.05, 3.63) is 93.5 Å². The number of nitrogens with one attached hydrogen (secondary N) is 1. The van der Waals surface area contributed by atoms with Gasteiger partial charge in [0.1, 0.15) is 11.4 Å². The number of nitrogens with zero attached hydrogens (tertiary/aromatic N) is 5. The molecule has 0 fully saturated rings. The summed E-state index contributed by atoms with van der Waals surface area (Å²) in [5, 5.41) is 9.80. The van der Waals surface area contributed by atoms with E-state index in [1.807, 2.05) is 73.2 Å². The van der Waals surface area contributed by atoms with Crippen molar-refractivity contribution in [2.75, 3.05) is 34.4 Å². The predicted molar refractivity (Wildman–Crippen MR) is 195 cm³/mol. The van der Waals surface area contributed by atoms with Crippen molar-refractivity contribution in [1.82, 2.24) is 29.7 Å². The second-order valence-electron chi connectivity index (χ2n) is 13.2. The van der Waals surface area contributed by atoms with Crippen LogP contribution in [0.25, 0.3) is 27.2 Å². The molecule has 1 unspecified atom stereocenters. The molecular weight excluding hydrogens is 676 g/mol. The summed E-state index contributed by atoms with van der Waals surface area (Å²) in [5.41, 5.74) is 10.0. The molecule has 7 rings (SSSR count). The van der Waals surface area contributed by atoms with Crippen LogP contribution < -0.4 is 10.2 Å². The van der Waals surface area contributed by atoms with Crippen LogP contribution in [0.2, 0.25) is 5.02 Å². The van der Waals surface area contributed by atoms with Gasteiger partial charge in [0.25, 0.3) is 0 Å². The summed E-state index contributed by atoms with van der Waals surface area (Å²) in [5.74, 6) is -0.140. The number of sulfone groups is 1. The Morgan fingerprint density at radius 1 is 1.06 bits per heavy atom. The highest BCUT2D eigenvalue weighted by molar-refractivity contribution is 7.90. The number of rotatable bonds is 1. The number of hydrazine groups is 1. The highest BCUT2D eigenvalue weighted by Gasteiger charge is 2.34. The average molecular weight is 717 g/mol. The molecule has 2 aliphatic heterocycles. The first-order chi connectivity index (χ1) is 23.9. The smallest absolute Gasteiger partial charge is 0.354 e. The standard InChI is InChI=1S/C37H41ClN6O5S/c1-22-33-31(40-43(22)4)20-41(2)19-24-17-25(44(5)39-24)21-50(46,47)26-16-23-10-7-8-11-27(23)32(18-26)49-15-9-12-28-29-13-14-30(38)34(33)35(29)42(3)36(28)37(45)48-6/h7-8,10-11,13-14,16-18,31,40H,9,12,15,19-21H2,1-6H3. The summed E-state index contributed by atoms with van der Waals surface area (Å²) < 4.78 is 43.0. The lowest BCUT2D eigenvalue weighted by atomic mass is 9.94. The van der Waals surface area contributed by atoms with Crippen molar-refractivity contribution < 1.29 is 22.7 Å². The molecule has 4 heterocycles. The van der Waals surface area contributed by atoms with E-state index in [-0.39, 0.29) is 16.7 Å². The van der Waals surface area contributed by atoms with Gasteiger partial charge in [0, 0.05) is 61.8 Å². The Bertz CT molecular complexity index is 2310. The van der Waals surface area contributed by atoms with Crippen molar-refractivity contribution in [2.45, 2.75) is 43.0 Å². The van der Waals surface area contributed by atoms with Crippen molar-refractivity contribution in [2.24, 2.45) is 14.1 Å². The minimum atomic E-state index is -3.75. The molecule has 0 spiro atoms. The first-order valence-corrected chi connectivity index (χ1v) is 18.6. The number of allylic oxidation sites excluding steroid dienone is 1. The number of carbonyl (C=O) groups excluding carboxylic acids is 1. The van der Waals surface area contributed by atoms with Gasteiger partial charge in [0.15, 0.2) is 9.84 Å². The molecule has 0 amide bonds. The van der Waals surface area contributed by atoms with E-state index < -0.39 is 15.8 Å². The molecule has 0 saturated carbocycles. The number of fused-ring (bicyclic) bond motifs is 8. The van der Waals surface area contributed by atoms with Crippen LogP contribution in [0.1, 0.15) is 46.3 Å². The van der Waals surface area contributed by atoms with Gasteiger partial charge in [0.2, 0.25) is 0 Å². The molecule has 13 heteroatoms. The van der Waals surface area contributed by atoms with Crippen molar-refractivity contribution >= 4 is 54.7 Å². The molecule has 1 atom stereocenters. The van der Waals surface area contributed by atoms with E-state index in [1.165, 1.54) is 7.11 Å². The lowest BCUT2D eigenvalue weighted by Crippen LogP contribution is -2.41. The van der Waals surface area contributed by atoms with E-state index in [9.17, 15) is 13.2 Å². The van der Waals surface area contributed by atoms with Crippen molar-refractivity contribution in [3.63, 3.8) is 0 Å². The third-order valence-corrected chi connectivity index (χ3v) is 11.9. The Labute approximate surface area is 296 Å². The Morgan fingerprint density at radius 3 is 2.62 bits per heavy atom. The summed E-state index contributed by atoms with van der Waals surface area (Å²) in [7, 11) is 5.29.